The maximum absolute atomic E-state index is 12.4. The number of nitrogens with one attached hydrogen (secondary N) is 1. The van der Waals surface area contributed by atoms with E-state index in [-0.39, 0.29) is 31.3 Å². The van der Waals surface area contributed by atoms with Crippen LogP contribution in [0.1, 0.15) is 43.0 Å². The van der Waals surface area contributed by atoms with E-state index in [1.165, 1.54) is 11.1 Å². The highest BCUT2D eigenvalue weighted by molar-refractivity contribution is 5.95. The maximum Gasteiger partial charge on any atom is 0.339 e. The van der Waals surface area contributed by atoms with E-state index in [9.17, 15) is 9.59 Å². The van der Waals surface area contributed by atoms with Crippen molar-refractivity contribution in [2.75, 3.05) is 63.8 Å². The Hall–Kier alpha value is -4.26. The zero-order valence-corrected chi connectivity index (χ0v) is 24.2. The minimum Gasteiger partial charge on any atom is -0.481 e. The van der Waals surface area contributed by atoms with E-state index in [1.54, 1.807) is 39.5 Å². The van der Waals surface area contributed by atoms with Crippen molar-refractivity contribution in [2.24, 2.45) is 0 Å². The smallest absolute Gasteiger partial charge is 0.339 e. The van der Waals surface area contributed by atoms with Crippen molar-refractivity contribution >= 4 is 34.5 Å². The van der Waals surface area contributed by atoms with Crippen molar-refractivity contribution in [3.8, 4) is 11.6 Å². The molecule has 0 unspecified atom stereocenters. The molecule has 0 aromatic carbocycles. The zero-order valence-electron chi connectivity index (χ0n) is 24.2. The molecule has 0 spiro atoms. The summed E-state index contributed by atoms with van der Waals surface area (Å²) in [4.78, 5) is 45.9. The van der Waals surface area contributed by atoms with Crippen LogP contribution in [0.4, 0.5) is 11.8 Å². The molecule has 1 amide bonds. The van der Waals surface area contributed by atoms with Crippen LogP contribution in [-0.2, 0) is 14.3 Å². The molecule has 2 fully saturated rings. The fourth-order valence-electron chi connectivity index (χ4n) is 4.86. The Morgan fingerprint density at radius 2 is 1.79 bits per heavy atom. The summed E-state index contributed by atoms with van der Waals surface area (Å²) in [5.41, 5.74) is 1.07. The molecule has 1 saturated heterocycles. The second-order valence-corrected chi connectivity index (χ2v) is 10.5. The van der Waals surface area contributed by atoms with Gasteiger partial charge in [-0.1, -0.05) is 0 Å². The molecule has 3 aromatic rings. The third-order valence-electron chi connectivity index (χ3n) is 7.25. The first-order valence-corrected chi connectivity index (χ1v) is 14.3. The lowest BCUT2D eigenvalue weighted by molar-refractivity contribution is -0.130. The number of carbonyl (C=O) groups excluding carboxylic acids is 2. The second-order valence-electron chi connectivity index (χ2n) is 10.5. The Balaban J connectivity index is 1.23. The first-order valence-electron chi connectivity index (χ1n) is 14.3. The number of ether oxygens (including phenoxy) is 4. The third-order valence-corrected chi connectivity index (χ3v) is 7.25. The number of anilines is 2. The van der Waals surface area contributed by atoms with Crippen LogP contribution in [-0.4, -0.2) is 102 Å². The van der Waals surface area contributed by atoms with Gasteiger partial charge in [-0.3, -0.25) is 9.78 Å². The van der Waals surface area contributed by atoms with Gasteiger partial charge in [0.1, 0.15) is 11.9 Å². The second kappa shape index (κ2) is 13.6. The quantitative estimate of drug-likeness (QED) is 0.353. The predicted molar refractivity (Wildman–Crippen MR) is 155 cm³/mol. The molecule has 224 valence electrons. The van der Waals surface area contributed by atoms with Gasteiger partial charge in [0, 0.05) is 45.5 Å². The van der Waals surface area contributed by atoms with Gasteiger partial charge in [0.05, 0.1) is 48.7 Å². The van der Waals surface area contributed by atoms with Crippen LogP contribution in [0.5, 0.6) is 11.6 Å². The van der Waals surface area contributed by atoms with Gasteiger partial charge in [0.15, 0.2) is 12.4 Å². The number of morpholine rings is 1. The molecule has 0 radical (unpaired) electrons. The summed E-state index contributed by atoms with van der Waals surface area (Å²) in [5, 5.41) is 4.07. The molecular formula is C29H37N7O6. The van der Waals surface area contributed by atoms with Crippen molar-refractivity contribution in [2.45, 2.75) is 44.8 Å². The zero-order chi connectivity index (χ0) is 29.5. The van der Waals surface area contributed by atoms with Crippen LogP contribution in [0.25, 0.3) is 10.9 Å². The minimum atomic E-state index is -0.425. The van der Waals surface area contributed by atoms with E-state index < -0.39 is 5.97 Å². The Bertz CT molecular complexity index is 1370. The fraction of sp³-hybridized carbons (Fsp3) is 0.517. The SMILES string of the molecule is CCOC(=O)c1cnc2cc(N3CCOCC3)nc(O[C@H]3CC[C@@H](Nc4ncc(OCC(=O)N(C)C)cn4)CC3)c2c1. The van der Waals surface area contributed by atoms with Crippen LogP contribution < -0.4 is 19.7 Å². The van der Waals surface area contributed by atoms with E-state index in [4.69, 9.17) is 23.9 Å². The van der Waals surface area contributed by atoms with Crippen molar-refractivity contribution in [1.29, 1.82) is 0 Å². The molecule has 1 saturated carbocycles. The molecule has 0 atom stereocenters. The Labute approximate surface area is 244 Å². The number of hydrogen-bond acceptors (Lipinski definition) is 12. The summed E-state index contributed by atoms with van der Waals surface area (Å²) in [6.45, 7) is 4.74. The van der Waals surface area contributed by atoms with Crippen molar-refractivity contribution in [3.05, 3.63) is 36.3 Å². The van der Waals surface area contributed by atoms with Crippen LogP contribution in [0.15, 0.2) is 30.7 Å². The molecule has 13 heteroatoms. The number of aromatic nitrogens is 4. The Kier molecular flexibility index (Phi) is 9.47. The van der Waals surface area contributed by atoms with E-state index in [1.807, 2.05) is 6.07 Å². The van der Waals surface area contributed by atoms with Gasteiger partial charge in [-0.25, -0.2) is 14.8 Å². The fourth-order valence-corrected chi connectivity index (χ4v) is 4.86. The van der Waals surface area contributed by atoms with Gasteiger partial charge in [0.25, 0.3) is 5.91 Å². The molecule has 1 aliphatic heterocycles. The number of pyridine rings is 2. The summed E-state index contributed by atoms with van der Waals surface area (Å²) in [7, 11) is 3.35. The first-order chi connectivity index (χ1) is 20.4. The van der Waals surface area contributed by atoms with Gasteiger partial charge in [-0.2, -0.15) is 4.98 Å². The lowest BCUT2D eigenvalue weighted by Gasteiger charge is -2.31. The van der Waals surface area contributed by atoms with Gasteiger partial charge < -0.3 is 34.1 Å². The van der Waals surface area contributed by atoms with Crippen molar-refractivity contribution in [3.63, 3.8) is 0 Å². The minimum absolute atomic E-state index is 0.0455. The number of hydrogen-bond donors (Lipinski definition) is 1. The van der Waals surface area contributed by atoms with Crippen LogP contribution in [0.3, 0.4) is 0 Å². The molecule has 13 nitrogen and oxygen atoms in total. The topological polar surface area (TPSA) is 141 Å². The molecule has 4 heterocycles. The van der Waals surface area contributed by atoms with Gasteiger partial charge in [-0.05, 0) is 38.7 Å². The lowest BCUT2D eigenvalue weighted by atomic mass is 9.93. The highest BCUT2D eigenvalue weighted by Crippen LogP contribution is 2.32. The Morgan fingerprint density at radius 1 is 1.05 bits per heavy atom. The molecule has 3 aromatic heterocycles. The monoisotopic (exact) mass is 579 g/mol. The standard InChI is InChI=1S/C29H37N7O6/c1-4-40-28(38)19-13-23-24(30-15-19)14-25(36-9-11-39-12-10-36)34-27(23)42-21-7-5-20(6-8-21)33-29-31-16-22(17-32-29)41-18-26(37)35(2)3/h13-17,20-21H,4-12,18H2,1-3H3,(H,31,32,33)/t20-,21+. The summed E-state index contributed by atoms with van der Waals surface area (Å²) >= 11 is 0. The Morgan fingerprint density at radius 3 is 2.48 bits per heavy atom. The lowest BCUT2D eigenvalue weighted by Crippen LogP contribution is -2.37. The summed E-state index contributed by atoms with van der Waals surface area (Å²) in [6, 6.07) is 3.87. The molecule has 42 heavy (non-hydrogen) atoms. The molecule has 1 aliphatic carbocycles. The average molecular weight is 580 g/mol. The van der Waals surface area contributed by atoms with E-state index in [0.29, 0.717) is 47.3 Å². The number of fused-ring (bicyclic) bond motifs is 1. The average Bonchev–Trinajstić information content (AvgIpc) is 3.01. The number of amides is 1. The van der Waals surface area contributed by atoms with Crippen molar-refractivity contribution < 1.29 is 28.5 Å². The van der Waals surface area contributed by atoms with E-state index in [2.05, 4.69) is 25.2 Å². The highest BCUT2D eigenvalue weighted by atomic mass is 16.5. The molecule has 0 bridgehead atoms. The number of nitrogens with zero attached hydrogens (tertiary/aromatic N) is 6. The third kappa shape index (κ3) is 7.32. The predicted octanol–water partition coefficient (Wildman–Crippen LogP) is 2.70. The van der Waals surface area contributed by atoms with Gasteiger partial charge >= 0.3 is 5.97 Å². The van der Waals surface area contributed by atoms with Crippen LogP contribution in [0.2, 0.25) is 0 Å². The molecule has 2 aliphatic rings. The largest absolute Gasteiger partial charge is 0.481 e. The molecule has 5 rings (SSSR count). The van der Waals surface area contributed by atoms with E-state index in [0.717, 1.165) is 44.6 Å². The first kappa shape index (κ1) is 29.2. The summed E-state index contributed by atoms with van der Waals surface area (Å²) < 4.78 is 22.6. The summed E-state index contributed by atoms with van der Waals surface area (Å²) in [6.07, 6.45) is 7.94. The molecular weight excluding hydrogens is 542 g/mol. The highest BCUT2D eigenvalue weighted by Gasteiger charge is 2.25. The summed E-state index contributed by atoms with van der Waals surface area (Å²) in [5.74, 6) is 1.63. The molecule has 1 N–H and O–H groups in total. The van der Waals surface area contributed by atoms with Crippen LogP contribution >= 0.6 is 0 Å². The normalized spacial score (nSPS) is 18.8. The number of rotatable bonds is 10. The van der Waals surface area contributed by atoms with Crippen molar-refractivity contribution in [1.82, 2.24) is 24.8 Å². The number of likely N-dealkylation sites (N-methyl/N-ethyl adjacent to an activating group) is 1. The number of esters is 1. The number of carbonyl (C=O) groups is 2. The van der Waals surface area contributed by atoms with E-state index >= 15 is 0 Å². The van der Waals surface area contributed by atoms with Gasteiger partial charge in [0.2, 0.25) is 11.8 Å². The van der Waals surface area contributed by atoms with Gasteiger partial charge in [-0.15, -0.1) is 0 Å². The van der Waals surface area contributed by atoms with Crippen LogP contribution in [0, 0.1) is 0 Å². The maximum atomic E-state index is 12.4.